The molecule has 2 aromatic heterocycles. The molecular weight excluding hydrogens is 352 g/mol. The standard InChI is InChI=1S/C16H14Cl2FN5/c1-2-6-21-12-7-13(24-9-20-8-22-24)23-16(18)15(12)14-10(17)4-3-5-11(14)19/h3-5,7-9H,2,6H2,1H3,(H,21,23). The van der Waals surface area contributed by atoms with Crippen LogP contribution in [0.25, 0.3) is 16.9 Å². The van der Waals surface area contributed by atoms with Gasteiger partial charge in [-0.1, -0.05) is 36.2 Å². The summed E-state index contributed by atoms with van der Waals surface area (Å²) in [6.45, 7) is 2.72. The number of benzene rings is 1. The third-order valence-corrected chi connectivity index (χ3v) is 3.98. The zero-order valence-corrected chi connectivity index (χ0v) is 14.3. The fourth-order valence-corrected chi connectivity index (χ4v) is 2.86. The Morgan fingerprint density at radius 1 is 1.25 bits per heavy atom. The summed E-state index contributed by atoms with van der Waals surface area (Å²) in [5.41, 5.74) is 1.28. The zero-order chi connectivity index (χ0) is 17.1. The molecule has 0 saturated heterocycles. The first-order valence-corrected chi connectivity index (χ1v) is 8.11. The van der Waals surface area contributed by atoms with E-state index in [4.69, 9.17) is 23.2 Å². The number of hydrogen-bond acceptors (Lipinski definition) is 4. The van der Waals surface area contributed by atoms with E-state index in [2.05, 4.69) is 20.4 Å². The molecule has 0 aliphatic carbocycles. The molecule has 0 unspecified atom stereocenters. The van der Waals surface area contributed by atoms with Crippen LogP contribution >= 0.6 is 23.2 Å². The fraction of sp³-hybridized carbons (Fsp3) is 0.188. The molecule has 3 aromatic rings. The van der Waals surface area contributed by atoms with Gasteiger partial charge in [0.05, 0.1) is 5.02 Å². The summed E-state index contributed by atoms with van der Waals surface area (Å²) in [4.78, 5) is 8.20. The highest BCUT2D eigenvalue weighted by Crippen LogP contribution is 2.40. The molecule has 3 rings (SSSR count). The van der Waals surface area contributed by atoms with Crippen molar-refractivity contribution in [3.05, 3.63) is 52.9 Å². The second kappa shape index (κ2) is 7.15. The highest BCUT2D eigenvalue weighted by Gasteiger charge is 2.20. The predicted molar refractivity (Wildman–Crippen MR) is 93.3 cm³/mol. The highest BCUT2D eigenvalue weighted by molar-refractivity contribution is 6.36. The van der Waals surface area contributed by atoms with Crippen LogP contribution in [0, 0.1) is 5.82 Å². The largest absolute Gasteiger partial charge is 0.384 e. The molecule has 0 fully saturated rings. The summed E-state index contributed by atoms with van der Waals surface area (Å²) in [5.74, 6) is 0.0200. The van der Waals surface area contributed by atoms with Crippen molar-refractivity contribution in [3.63, 3.8) is 0 Å². The van der Waals surface area contributed by atoms with Crippen LogP contribution in [0.3, 0.4) is 0 Å². The number of aromatic nitrogens is 4. The Bertz CT molecular complexity index is 832. The molecule has 0 bridgehead atoms. The average Bonchev–Trinajstić information content (AvgIpc) is 3.08. The van der Waals surface area contributed by atoms with Crippen LogP contribution in [0.4, 0.5) is 10.1 Å². The summed E-state index contributed by atoms with van der Waals surface area (Å²) in [5, 5.41) is 7.69. The van der Waals surface area contributed by atoms with Gasteiger partial charge >= 0.3 is 0 Å². The lowest BCUT2D eigenvalue weighted by atomic mass is 10.0. The number of hydrogen-bond donors (Lipinski definition) is 1. The molecular formula is C16H14Cl2FN5. The number of pyridine rings is 1. The van der Waals surface area contributed by atoms with Crippen molar-refractivity contribution in [3.8, 4) is 16.9 Å². The first kappa shape index (κ1) is 16.7. The molecule has 1 aromatic carbocycles. The Morgan fingerprint density at radius 3 is 2.75 bits per heavy atom. The van der Waals surface area contributed by atoms with Crippen LogP contribution in [0.5, 0.6) is 0 Å². The van der Waals surface area contributed by atoms with E-state index in [1.807, 2.05) is 6.92 Å². The monoisotopic (exact) mass is 365 g/mol. The molecule has 24 heavy (non-hydrogen) atoms. The second-order valence-electron chi connectivity index (χ2n) is 5.06. The van der Waals surface area contributed by atoms with Crippen molar-refractivity contribution in [1.82, 2.24) is 19.7 Å². The molecule has 0 radical (unpaired) electrons. The van der Waals surface area contributed by atoms with E-state index in [-0.39, 0.29) is 15.7 Å². The van der Waals surface area contributed by atoms with Crippen molar-refractivity contribution in [2.45, 2.75) is 13.3 Å². The molecule has 8 heteroatoms. The summed E-state index contributed by atoms with van der Waals surface area (Å²) in [7, 11) is 0. The van der Waals surface area contributed by atoms with Gasteiger partial charge < -0.3 is 5.32 Å². The molecule has 2 heterocycles. The first-order valence-electron chi connectivity index (χ1n) is 7.35. The topological polar surface area (TPSA) is 55.6 Å². The molecule has 0 saturated carbocycles. The number of nitrogens with zero attached hydrogens (tertiary/aromatic N) is 4. The van der Waals surface area contributed by atoms with Crippen molar-refractivity contribution in [2.24, 2.45) is 0 Å². The van der Waals surface area contributed by atoms with E-state index >= 15 is 0 Å². The quantitative estimate of drug-likeness (QED) is 0.671. The van der Waals surface area contributed by atoms with E-state index in [1.165, 1.54) is 23.4 Å². The van der Waals surface area contributed by atoms with Crippen molar-refractivity contribution in [1.29, 1.82) is 0 Å². The Kier molecular flexibility index (Phi) is 4.97. The van der Waals surface area contributed by atoms with Crippen LogP contribution in [0.1, 0.15) is 13.3 Å². The third-order valence-electron chi connectivity index (χ3n) is 3.39. The molecule has 0 aliphatic heterocycles. The summed E-state index contributed by atoms with van der Waals surface area (Å²) < 4.78 is 15.8. The van der Waals surface area contributed by atoms with Crippen LogP contribution in [-0.2, 0) is 0 Å². The highest BCUT2D eigenvalue weighted by atomic mass is 35.5. The van der Waals surface area contributed by atoms with E-state index in [0.717, 1.165) is 6.42 Å². The third kappa shape index (κ3) is 3.20. The Labute approximate surface area is 148 Å². The summed E-state index contributed by atoms with van der Waals surface area (Å²) >= 11 is 12.6. The molecule has 0 atom stereocenters. The van der Waals surface area contributed by atoms with Gasteiger partial charge in [0.15, 0.2) is 5.82 Å². The average molecular weight is 366 g/mol. The number of halogens is 3. The van der Waals surface area contributed by atoms with Crippen molar-refractivity contribution >= 4 is 28.9 Å². The molecule has 0 aliphatic rings. The minimum atomic E-state index is -0.459. The van der Waals surface area contributed by atoms with E-state index in [1.54, 1.807) is 18.2 Å². The lowest BCUT2D eigenvalue weighted by molar-refractivity contribution is 0.631. The Balaban J connectivity index is 2.21. The van der Waals surface area contributed by atoms with Crippen LogP contribution in [-0.4, -0.2) is 26.3 Å². The maximum Gasteiger partial charge on any atom is 0.159 e. The van der Waals surface area contributed by atoms with Gasteiger partial charge in [-0.15, -0.1) is 0 Å². The zero-order valence-electron chi connectivity index (χ0n) is 12.8. The molecule has 0 amide bonds. The molecule has 0 spiro atoms. The van der Waals surface area contributed by atoms with Gasteiger partial charge in [0.2, 0.25) is 0 Å². The van der Waals surface area contributed by atoms with Crippen LogP contribution in [0.15, 0.2) is 36.9 Å². The Morgan fingerprint density at radius 2 is 2.08 bits per heavy atom. The van der Waals surface area contributed by atoms with E-state index in [9.17, 15) is 4.39 Å². The van der Waals surface area contributed by atoms with Gasteiger partial charge in [0.1, 0.15) is 23.6 Å². The van der Waals surface area contributed by atoms with Gasteiger partial charge in [0, 0.05) is 29.4 Å². The SMILES string of the molecule is CCCNc1cc(-n2cncn2)nc(Cl)c1-c1c(F)cccc1Cl. The van der Waals surface area contributed by atoms with Crippen LogP contribution < -0.4 is 5.32 Å². The number of anilines is 1. The first-order chi connectivity index (χ1) is 11.6. The fourth-order valence-electron chi connectivity index (χ4n) is 2.32. The molecule has 124 valence electrons. The minimum Gasteiger partial charge on any atom is -0.384 e. The van der Waals surface area contributed by atoms with Crippen LogP contribution in [0.2, 0.25) is 10.2 Å². The molecule has 1 N–H and O–H groups in total. The van der Waals surface area contributed by atoms with Gasteiger partial charge in [-0.3, -0.25) is 0 Å². The summed E-state index contributed by atoms with van der Waals surface area (Å²) in [6, 6.07) is 6.25. The normalized spacial score (nSPS) is 10.8. The van der Waals surface area contributed by atoms with E-state index < -0.39 is 5.82 Å². The Hall–Kier alpha value is -2.18. The predicted octanol–water partition coefficient (Wildman–Crippen LogP) is 4.60. The summed E-state index contributed by atoms with van der Waals surface area (Å²) in [6.07, 6.45) is 3.80. The van der Waals surface area contributed by atoms with Gasteiger partial charge in [-0.05, 0) is 18.6 Å². The maximum absolute atomic E-state index is 14.4. The minimum absolute atomic E-state index is 0.133. The van der Waals surface area contributed by atoms with Crippen molar-refractivity contribution in [2.75, 3.05) is 11.9 Å². The van der Waals surface area contributed by atoms with Gasteiger partial charge in [0.25, 0.3) is 0 Å². The number of rotatable bonds is 5. The second-order valence-corrected chi connectivity index (χ2v) is 5.82. The van der Waals surface area contributed by atoms with Crippen molar-refractivity contribution < 1.29 is 4.39 Å². The lowest BCUT2D eigenvalue weighted by Crippen LogP contribution is -2.07. The van der Waals surface area contributed by atoms with E-state index in [0.29, 0.717) is 23.6 Å². The van der Waals surface area contributed by atoms with Gasteiger partial charge in [-0.25, -0.2) is 19.0 Å². The lowest BCUT2D eigenvalue weighted by Gasteiger charge is -2.16. The smallest absolute Gasteiger partial charge is 0.159 e. The number of nitrogens with one attached hydrogen (secondary N) is 1. The molecule has 5 nitrogen and oxygen atoms in total. The van der Waals surface area contributed by atoms with Gasteiger partial charge in [-0.2, -0.15) is 5.10 Å². The maximum atomic E-state index is 14.4.